The number of aliphatic carboxylic acids is 1. The van der Waals surface area contributed by atoms with Gasteiger partial charge in [-0.05, 0) is 42.0 Å². The molecule has 2 aromatic carbocycles. The average Bonchev–Trinajstić information content (AvgIpc) is 3.01. The molecule has 0 spiro atoms. The highest BCUT2D eigenvalue weighted by atomic mass is 35.5. The molecule has 1 atom stereocenters. The third kappa shape index (κ3) is 6.00. The molecule has 1 aliphatic carbocycles. The smallest absolute Gasteiger partial charge is 0.481 e. The Labute approximate surface area is 200 Å². The maximum atomic E-state index is 12.8. The second-order valence-corrected chi connectivity index (χ2v) is 7.74. The van der Waals surface area contributed by atoms with Gasteiger partial charge in [0.15, 0.2) is 0 Å². The lowest BCUT2D eigenvalue weighted by Crippen LogP contribution is -2.44. The van der Waals surface area contributed by atoms with E-state index in [0.717, 1.165) is 31.4 Å². The van der Waals surface area contributed by atoms with E-state index in [1.165, 1.54) is 18.2 Å². The fraction of sp³-hybridized carbons (Fsp3) is 0.238. The third-order valence-corrected chi connectivity index (χ3v) is 5.08. The van der Waals surface area contributed by atoms with Gasteiger partial charge in [0.05, 0.1) is 19.2 Å². The largest absolute Gasteiger partial charge is 0.573 e. The van der Waals surface area contributed by atoms with Gasteiger partial charge in [0.2, 0.25) is 0 Å². The molecule has 3 rings (SSSR count). The van der Waals surface area contributed by atoms with Crippen LogP contribution in [0.3, 0.4) is 0 Å². The first-order valence-corrected chi connectivity index (χ1v) is 10.1. The predicted octanol–water partition coefficient (Wildman–Crippen LogP) is 3.69. The number of alkyl halides is 3. The molecule has 0 aliphatic heterocycles. The summed E-state index contributed by atoms with van der Waals surface area (Å²) in [6, 6.07) is 7.03. The topological polar surface area (TPSA) is 138 Å². The van der Waals surface area contributed by atoms with Crippen LogP contribution in [0.15, 0.2) is 47.6 Å². The minimum atomic E-state index is -4.94. The van der Waals surface area contributed by atoms with Crippen LogP contribution in [0.5, 0.6) is 5.75 Å². The van der Waals surface area contributed by atoms with Gasteiger partial charge in [0, 0.05) is 17.0 Å². The summed E-state index contributed by atoms with van der Waals surface area (Å²) < 4.78 is 45.4. The number of urea groups is 1. The number of carbonyl (C=O) groups is 3. The van der Waals surface area contributed by atoms with Gasteiger partial charge in [-0.3, -0.25) is 4.79 Å². The fourth-order valence-electron chi connectivity index (χ4n) is 3.50. The third-order valence-electron chi connectivity index (χ3n) is 4.84. The van der Waals surface area contributed by atoms with E-state index < -0.39 is 42.2 Å². The van der Waals surface area contributed by atoms with Gasteiger partial charge in [0.1, 0.15) is 17.1 Å². The van der Waals surface area contributed by atoms with Crippen LogP contribution in [0.2, 0.25) is 5.02 Å². The van der Waals surface area contributed by atoms with Crippen LogP contribution in [0.1, 0.15) is 17.5 Å². The standard InChI is InChI=1S/C21H17ClF3N3O7/c1-34-19(32)28(13-3-5-14(6-4-13)35-21(23,24)25)18(31)27-26-17-15-7-2-12(22)8-11(15)9-20(17,33)10-16(29)30/h2-8,33H,9-10H2,1H3,(H,27,31)(H,29,30). The number of methoxy groups -OCH3 is 1. The predicted molar refractivity (Wildman–Crippen MR) is 115 cm³/mol. The van der Waals surface area contributed by atoms with Gasteiger partial charge < -0.3 is 19.7 Å². The molecule has 0 saturated carbocycles. The number of anilines is 1. The van der Waals surface area contributed by atoms with E-state index in [2.05, 4.69) is 20.0 Å². The Morgan fingerprint density at radius 3 is 2.43 bits per heavy atom. The first kappa shape index (κ1) is 25.8. The number of nitrogens with one attached hydrogen (secondary N) is 1. The number of rotatable bonds is 5. The zero-order valence-electron chi connectivity index (χ0n) is 17.8. The van der Waals surface area contributed by atoms with Gasteiger partial charge in [-0.1, -0.05) is 17.7 Å². The number of aliphatic hydroxyl groups is 1. The van der Waals surface area contributed by atoms with Crippen molar-refractivity contribution in [2.45, 2.75) is 24.8 Å². The van der Waals surface area contributed by atoms with Gasteiger partial charge >= 0.3 is 24.5 Å². The lowest BCUT2D eigenvalue weighted by atomic mass is 9.94. The Morgan fingerprint density at radius 1 is 1.20 bits per heavy atom. The highest BCUT2D eigenvalue weighted by Crippen LogP contribution is 2.35. The molecule has 35 heavy (non-hydrogen) atoms. The quantitative estimate of drug-likeness (QED) is 0.516. The maximum Gasteiger partial charge on any atom is 0.573 e. The zero-order valence-corrected chi connectivity index (χ0v) is 18.6. The van der Waals surface area contributed by atoms with Gasteiger partial charge in [-0.15, -0.1) is 13.2 Å². The molecule has 1 aliphatic rings. The van der Waals surface area contributed by atoms with Gasteiger partial charge in [0.25, 0.3) is 0 Å². The number of ether oxygens (including phenoxy) is 2. The summed E-state index contributed by atoms with van der Waals surface area (Å²) in [5.74, 6) is -1.92. The molecule has 3 amide bonds. The molecular formula is C21H17ClF3N3O7. The molecule has 0 fully saturated rings. The molecule has 14 heteroatoms. The molecule has 1 unspecified atom stereocenters. The monoisotopic (exact) mass is 515 g/mol. The number of fused-ring (bicyclic) bond motifs is 1. The Hall–Kier alpha value is -3.84. The summed E-state index contributed by atoms with van der Waals surface area (Å²) >= 11 is 5.97. The highest BCUT2D eigenvalue weighted by Gasteiger charge is 2.44. The summed E-state index contributed by atoms with van der Waals surface area (Å²) in [5, 5.41) is 24.4. The first-order valence-electron chi connectivity index (χ1n) is 9.68. The van der Waals surface area contributed by atoms with Crippen molar-refractivity contribution in [1.29, 1.82) is 0 Å². The van der Waals surface area contributed by atoms with Crippen LogP contribution in [0.4, 0.5) is 28.4 Å². The van der Waals surface area contributed by atoms with E-state index in [1.807, 2.05) is 0 Å². The number of carboxylic acid groups (broad SMARTS) is 1. The van der Waals surface area contributed by atoms with Crippen molar-refractivity contribution in [3.8, 4) is 5.75 Å². The number of hydrogen-bond donors (Lipinski definition) is 3. The molecule has 0 radical (unpaired) electrons. The minimum absolute atomic E-state index is 0.148. The zero-order chi connectivity index (χ0) is 26.0. The van der Waals surface area contributed by atoms with Crippen LogP contribution in [-0.2, 0) is 16.0 Å². The van der Waals surface area contributed by atoms with Gasteiger partial charge in [-0.25, -0.2) is 15.0 Å². The summed E-state index contributed by atoms with van der Waals surface area (Å²) in [5.41, 5.74) is 0.508. The van der Waals surface area contributed by atoms with Crippen LogP contribution >= 0.6 is 11.6 Å². The van der Waals surface area contributed by atoms with E-state index in [4.69, 9.17) is 11.6 Å². The number of nitrogens with zero attached hydrogens (tertiary/aromatic N) is 2. The van der Waals surface area contributed by atoms with Crippen molar-refractivity contribution >= 4 is 41.1 Å². The molecule has 0 heterocycles. The Morgan fingerprint density at radius 2 is 1.86 bits per heavy atom. The molecule has 10 nitrogen and oxygen atoms in total. The number of carboxylic acids is 1. The average molecular weight is 516 g/mol. The Kier molecular flexibility index (Phi) is 7.22. The summed E-state index contributed by atoms with van der Waals surface area (Å²) in [6.45, 7) is 0. The number of imide groups is 1. The molecular weight excluding hydrogens is 499 g/mol. The number of halogens is 4. The van der Waals surface area contributed by atoms with Crippen LogP contribution in [-0.4, -0.2) is 53.1 Å². The van der Waals surface area contributed by atoms with Crippen molar-refractivity contribution < 1.29 is 47.2 Å². The van der Waals surface area contributed by atoms with Crippen LogP contribution in [0, 0.1) is 0 Å². The number of carbonyl (C=O) groups excluding carboxylic acids is 2. The van der Waals surface area contributed by atoms with E-state index in [1.54, 1.807) is 0 Å². The number of benzene rings is 2. The van der Waals surface area contributed by atoms with E-state index >= 15 is 0 Å². The van der Waals surface area contributed by atoms with Gasteiger partial charge in [-0.2, -0.15) is 10.0 Å². The molecule has 3 N–H and O–H groups in total. The molecule has 0 aromatic heterocycles. The molecule has 0 bridgehead atoms. The second-order valence-electron chi connectivity index (χ2n) is 7.30. The van der Waals surface area contributed by atoms with Crippen LogP contribution in [0.25, 0.3) is 0 Å². The van der Waals surface area contributed by atoms with Crippen molar-refractivity contribution in [3.63, 3.8) is 0 Å². The van der Waals surface area contributed by atoms with Crippen molar-refractivity contribution in [1.82, 2.24) is 5.43 Å². The van der Waals surface area contributed by atoms with Crippen molar-refractivity contribution in [3.05, 3.63) is 58.6 Å². The second kappa shape index (κ2) is 9.80. The van der Waals surface area contributed by atoms with Crippen LogP contribution < -0.4 is 15.1 Å². The normalized spacial score (nSPS) is 18.1. The summed E-state index contributed by atoms with van der Waals surface area (Å²) in [7, 11) is 0.970. The molecule has 2 aromatic rings. The van der Waals surface area contributed by atoms with Crippen molar-refractivity contribution in [2.24, 2.45) is 5.10 Å². The summed E-state index contributed by atoms with van der Waals surface area (Å²) in [4.78, 5) is 36.7. The summed E-state index contributed by atoms with van der Waals surface area (Å²) in [6.07, 6.45) is -7.03. The van der Waals surface area contributed by atoms with E-state index in [-0.39, 0.29) is 17.8 Å². The Bertz CT molecular complexity index is 1190. The highest BCUT2D eigenvalue weighted by molar-refractivity contribution is 6.31. The number of amides is 3. The SMILES string of the molecule is COC(=O)N(C(=O)NN=C1c2ccc(Cl)cc2CC1(O)CC(=O)O)c1ccc(OC(F)(F)F)cc1. The fourth-order valence-corrected chi connectivity index (χ4v) is 3.69. The molecule has 186 valence electrons. The maximum absolute atomic E-state index is 12.8. The lowest BCUT2D eigenvalue weighted by molar-refractivity contribution is -0.274. The first-order chi connectivity index (χ1) is 16.3. The van der Waals surface area contributed by atoms with E-state index in [9.17, 15) is 37.8 Å². The minimum Gasteiger partial charge on any atom is -0.481 e. The lowest BCUT2D eigenvalue weighted by Gasteiger charge is -2.22. The molecule has 0 saturated heterocycles. The number of hydrogen-bond acceptors (Lipinski definition) is 7. The van der Waals surface area contributed by atoms with E-state index in [0.29, 0.717) is 21.0 Å². The number of hydrazone groups is 1. The Balaban J connectivity index is 1.91. The van der Waals surface area contributed by atoms with Crippen molar-refractivity contribution in [2.75, 3.05) is 12.0 Å².